The molecule has 5 rings (SSSR count). The summed E-state index contributed by atoms with van der Waals surface area (Å²) in [6.07, 6.45) is 6.39. The number of ether oxygens (including phenoxy) is 1. The lowest BCUT2D eigenvalue weighted by atomic mass is 10.1. The van der Waals surface area contributed by atoms with E-state index in [1.165, 1.54) is 0 Å². The Bertz CT molecular complexity index is 1320. The smallest absolute Gasteiger partial charge is 0.298 e. The minimum absolute atomic E-state index is 0.119. The van der Waals surface area contributed by atoms with E-state index >= 15 is 0 Å². The number of hydrogen-bond donors (Lipinski definition) is 0. The lowest BCUT2D eigenvalue weighted by Crippen LogP contribution is -2.27. The van der Waals surface area contributed by atoms with Crippen LogP contribution in [-0.2, 0) is 4.79 Å². The van der Waals surface area contributed by atoms with Gasteiger partial charge in [-0.15, -0.1) is 0 Å². The van der Waals surface area contributed by atoms with Gasteiger partial charge in [-0.1, -0.05) is 24.1 Å². The Morgan fingerprint density at radius 3 is 2.66 bits per heavy atom. The summed E-state index contributed by atoms with van der Waals surface area (Å²) in [6.45, 7) is 3.00. The van der Waals surface area contributed by atoms with Crippen molar-refractivity contribution in [3.05, 3.63) is 79.0 Å². The van der Waals surface area contributed by atoms with E-state index in [2.05, 4.69) is 21.2 Å². The third-order valence-electron chi connectivity index (χ3n) is 5.65. The molecular formula is C26H22N4O2. The summed E-state index contributed by atoms with van der Waals surface area (Å²) in [4.78, 5) is 23.3. The van der Waals surface area contributed by atoms with Gasteiger partial charge in [0.25, 0.3) is 5.91 Å². The quantitative estimate of drug-likeness (QED) is 0.454. The van der Waals surface area contributed by atoms with Crippen molar-refractivity contribution >= 4 is 11.4 Å². The lowest BCUT2D eigenvalue weighted by molar-refractivity contribution is -0.124. The predicted molar refractivity (Wildman–Crippen MR) is 122 cm³/mol. The maximum Gasteiger partial charge on any atom is 0.298 e. The van der Waals surface area contributed by atoms with E-state index in [0.29, 0.717) is 13.1 Å². The van der Waals surface area contributed by atoms with E-state index in [-0.39, 0.29) is 11.8 Å². The first kappa shape index (κ1) is 19.8. The van der Waals surface area contributed by atoms with E-state index in [1.54, 1.807) is 18.0 Å². The SMILES string of the molecule is CC#CC(=O)N1CCC(c2nc(-c3ccc(Oc4ccccc4)cc3)c3cnccn23)C1. The Kier molecular flexibility index (Phi) is 5.30. The van der Waals surface area contributed by atoms with Crippen LogP contribution < -0.4 is 4.74 Å². The second-order valence-electron chi connectivity index (χ2n) is 7.70. The second kappa shape index (κ2) is 8.56. The van der Waals surface area contributed by atoms with Crippen molar-refractivity contribution in [2.45, 2.75) is 19.3 Å². The van der Waals surface area contributed by atoms with Crippen molar-refractivity contribution < 1.29 is 9.53 Å². The molecule has 158 valence electrons. The fourth-order valence-corrected chi connectivity index (χ4v) is 4.11. The molecule has 1 atom stereocenters. The number of carbonyl (C=O) groups excluding carboxylic acids is 1. The Morgan fingerprint density at radius 2 is 1.88 bits per heavy atom. The topological polar surface area (TPSA) is 59.7 Å². The van der Waals surface area contributed by atoms with Crippen LogP contribution in [0.4, 0.5) is 0 Å². The van der Waals surface area contributed by atoms with Gasteiger partial charge in [0.05, 0.1) is 17.4 Å². The molecule has 0 N–H and O–H groups in total. The number of benzene rings is 2. The minimum atomic E-state index is -0.119. The zero-order valence-electron chi connectivity index (χ0n) is 17.7. The number of carbonyl (C=O) groups is 1. The Labute approximate surface area is 186 Å². The minimum Gasteiger partial charge on any atom is -0.457 e. The summed E-state index contributed by atoms with van der Waals surface area (Å²) in [6, 6.07) is 17.6. The molecule has 1 fully saturated rings. The first-order chi connectivity index (χ1) is 15.7. The fourth-order valence-electron chi connectivity index (χ4n) is 4.11. The number of rotatable bonds is 4. The van der Waals surface area contributed by atoms with Crippen LogP contribution in [0.2, 0.25) is 0 Å². The van der Waals surface area contributed by atoms with Gasteiger partial charge in [0.2, 0.25) is 0 Å². The number of imidazole rings is 1. The van der Waals surface area contributed by atoms with E-state index < -0.39 is 0 Å². The molecule has 1 saturated heterocycles. The van der Waals surface area contributed by atoms with Crippen molar-refractivity contribution in [1.29, 1.82) is 0 Å². The third kappa shape index (κ3) is 3.81. The summed E-state index contributed by atoms with van der Waals surface area (Å²) in [7, 11) is 0. The molecule has 0 saturated carbocycles. The number of aromatic nitrogens is 3. The molecule has 1 amide bonds. The van der Waals surface area contributed by atoms with Crippen molar-refractivity contribution in [3.8, 4) is 34.6 Å². The molecule has 1 unspecified atom stereocenters. The molecule has 2 aromatic carbocycles. The number of likely N-dealkylation sites (tertiary alicyclic amines) is 1. The highest BCUT2D eigenvalue weighted by molar-refractivity contribution is 5.93. The highest BCUT2D eigenvalue weighted by Gasteiger charge is 2.30. The summed E-state index contributed by atoms with van der Waals surface area (Å²) in [5.41, 5.74) is 2.81. The third-order valence-corrected chi connectivity index (χ3v) is 5.65. The molecule has 6 nitrogen and oxygen atoms in total. The highest BCUT2D eigenvalue weighted by atomic mass is 16.5. The van der Waals surface area contributed by atoms with Crippen LogP contribution in [0.3, 0.4) is 0 Å². The van der Waals surface area contributed by atoms with Gasteiger partial charge in [-0.3, -0.25) is 14.2 Å². The maximum absolute atomic E-state index is 12.2. The van der Waals surface area contributed by atoms with Crippen LogP contribution in [0.15, 0.2) is 73.2 Å². The number of nitrogens with zero attached hydrogens (tertiary/aromatic N) is 4. The van der Waals surface area contributed by atoms with E-state index in [9.17, 15) is 4.79 Å². The normalized spacial score (nSPS) is 15.4. The zero-order chi connectivity index (χ0) is 21.9. The van der Waals surface area contributed by atoms with Gasteiger partial charge in [-0.2, -0.15) is 0 Å². The average Bonchev–Trinajstić information content (AvgIpc) is 3.46. The van der Waals surface area contributed by atoms with Gasteiger partial charge in [0.15, 0.2) is 0 Å². The molecule has 1 aliphatic rings. The van der Waals surface area contributed by atoms with Crippen LogP contribution in [0.5, 0.6) is 11.5 Å². The first-order valence-corrected chi connectivity index (χ1v) is 10.6. The summed E-state index contributed by atoms with van der Waals surface area (Å²) < 4.78 is 7.99. The molecule has 1 aliphatic heterocycles. The van der Waals surface area contributed by atoms with E-state index in [0.717, 1.165) is 40.5 Å². The van der Waals surface area contributed by atoms with E-state index in [4.69, 9.17) is 9.72 Å². The van der Waals surface area contributed by atoms with Crippen LogP contribution in [-0.4, -0.2) is 38.3 Å². The molecule has 3 heterocycles. The van der Waals surface area contributed by atoms with Crippen molar-refractivity contribution in [2.75, 3.05) is 13.1 Å². The Morgan fingerprint density at radius 1 is 1.09 bits per heavy atom. The molecule has 0 aliphatic carbocycles. The van der Waals surface area contributed by atoms with Crippen molar-refractivity contribution in [2.24, 2.45) is 0 Å². The monoisotopic (exact) mass is 422 g/mol. The van der Waals surface area contributed by atoms with Gasteiger partial charge < -0.3 is 9.64 Å². The second-order valence-corrected chi connectivity index (χ2v) is 7.70. The molecule has 0 radical (unpaired) electrons. The molecule has 6 heteroatoms. The Balaban J connectivity index is 1.44. The van der Waals surface area contributed by atoms with Crippen LogP contribution in [0.25, 0.3) is 16.8 Å². The highest BCUT2D eigenvalue weighted by Crippen LogP contribution is 2.33. The standard InChI is InChI=1S/C26H22N4O2/c1-2-6-24(31)29-15-13-20(18-29)26-28-25(23-17-27-14-16-30(23)26)19-9-11-22(12-10-19)32-21-7-4-3-5-8-21/h3-5,7-12,14,16-17,20H,13,15,18H2,1H3. The van der Waals surface area contributed by atoms with Crippen LogP contribution in [0.1, 0.15) is 25.1 Å². The fraction of sp³-hybridized carbons (Fsp3) is 0.192. The Hall–Kier alpha value is -4.11. The van der Waals surface area contributed by atoms with Crippen molar-refractivity contribution in [1.82, 2.24) is 19.3 Å². The first-order valence-electron chi connectivity index (χ1n) is 10.6. The van der Waals surface area contributed by atoms with Gasteiger partial charge in [-0.05, 0) is 55.7 Å². The van der Waals surface area contributed by atoms with Crippen LogP contribution >= 0.6 is 0 Å². The molecular weight excluding hydrogens is 400 g/mol. The van der Waals surface area contributed by atoms with Gasteiger partial charge >= 0.3 is 0 Å². The van der Waals surface area contributed by atoms with Gasteiger partial charge in [0, 0.05) is 37.0 Å². The average molecular weight is 422 g/mol. The molecule has 32 heavy (non-hydrogen) atoms. The summed E-state index contributed by atoms with van der Waals surface area (Å²) in [5, 5.41) is 0. The molecule has 0 spiro atoms. The number of para-hydroxylation sites is 1. The van der Waals surface area contributed by atoms with Gasteiger partial charge in [-0.25, -0.2) is 4.98 Å². The summed E-state index contributed by atoms with van der Waals surface area (Å²) in [5.74, 6) is 7.88. The predicted octanol–water partition coefficient (Wildman–Crippen LogP) is 4.53. The number of fused-ring (bicyclic) bond motifs is 1. The maximum atomic E-state index is 12.2. The molecule has 0 bridgehead atoms. The van der Waals surface area contributed by atoms with Gasteiger partial charge in [0.1, 0.15) is 17.3 Å². The van der Waals surface area contributed by atoms with Crippen molar-refractivity contribution in [3.63, 3.8) is 0 Å². The largest absolute Gasteiger partial charge is 0.457 e. The molecule has 2 aromatic heterocycles. The zero-order valence-corrected chi connectivity index (χ0v) is 17.7. The lowest BCUT2D eigenvalue weighted by Gasteiger charge is -2.12. The summed E-state index contributed by atoms with van der Waals surface area (Å²) >= 11 is 0. The van der Waals surface area contributed by atoms with Crippen LogP contribution in [0, 0.1) is 11.8 Å². The van der Waals surface area contributed by atoms with E-state index in [1.807, 2.05) is 67.0 Å². The number of amides is 1. The molecule has 4 aromatic rings. The number of hydrogen-bond acceptors (Lipinski definition) is 4.